The molecule has 8 heavy (non-hydrogen) atoms. The summed E-state index contributed by atoms with van der Waals surface area (Å²) < 4.78 is 3.98. The summed E-state index contributed by atoms with van der Waals surface area (Å²) in [6.07, 6.45) is 4.34. The Kier molecular flexibility index (Phi) is 2.03. The third kappa shape index (κ3) is 1.30. The second kappa shape index (κ2) is 2.82. The molecule has 0 saturated heterocycles. The standard InChI is InChI=1S/C6H9NS/c1-2-3-6-4-7-8-5-6/h4-5H,2-3H2,1H3. The molecular formula is C6H9NS. The van der Waals surface area contributed by atoms with Crippen molar-refractivity contribution in [2.75, 3.05) is 0 Å². The summed E-state index contributed by atoms with van der Waals surface area (Å²) in [6.45, 7) is 2.18. The second-order valence-electron chi connectivity index (χ2n) is 1.78. The highest BCUT2D eigenvalue weighted by Crippen LogP contribution is 2.03. The van der Waals surface area contributed by atoms with Gasteiger partial charge in [0.15, 0.2) is 0 Å². The Labute approximate surface area is 53.5 Å². The molecule has 1 nitrogen and oxygen atoms in total. The first kappa shape index (κ1) is 5.76. The number of aryl methyl sites for hydroxylation is 1. The van der Waals surface area contributed by atoms with E-state index in [-0.39, 0.29) is 0 Å². The predicted octanol–water partition coefficient (Wildman–Crippen LogP) is 2.10. The summed E-state index contributed by atoms with van der Waals surface area (Å²) in [5, 5.41) is 2.10. The Balaban J connectivity index is 2.50. The fraction of sp³-hybridized carbons (Fsp3) is 0.500. The van der Waals surface area contributed by atoms with E-state index >= 15 is 0 Å². The van der Waals surface area contributed by atoms with Gasteiger partial charge in [0.25, 0.3) is 0 Å². The van der Waals surface area contributed by atoms with Crippen LogP contribution in [0.1, 0.15) is 18.9 Å². The highest BCUT2D eigenvalue weighted by Gasteiger charge is 1.88. The van der Waals surface area contributed by atoms with E-state index in [4.69, 9.17) is 0 Å². The van der Waals surface area contributed by atoms with E-state index in [9.17, 15) is 0 Å². The number of rotatable bonds is 2. The van der Waals surface area contributed by atoms with Crippen LogP contribution in [0.25, 0.3) is 0 Å². The van der Waals surface area contributed by atoms with Gasteiger partial charge in [-0.15, -0.1) is 0 Å². The van der Waals surface area contributed by atoms with Crippen molar-refractivity contribution in [2.24, 2.45) is 0 Å². The van der Waals surface area contributed by atoms with E-state index in [1.54, 1.807) is 0 Å². The highest BCUT2D eigenvalue weighted by molar-refractivity contribution is 7.03. The van der Waals surface area contributed by atoms with Crippen molar-refractivity contribution in [3.63, 3.8) is 0 Å². The van der Waals surface area contributed by atoms with Crippen LogP contribution in [0.2, 0.25) is 0 Å². The van der Waals surface area contributed by atoms with E-state index in [1.165, 1.54) is 29.9 Å². The molecule has 0 aromatic carbocycles. The molecule has 0 aliphatic heterocycles. The van der Waals surface area contributed by atoms with Crippen molar-refractivity contribution >= 4 is 11.5 Å². The number of nitrogens with zero attached hydrogens (tertiary/aromatic N) is 1. The molecule has 1 rings (SSSR count). The summed E-state index contributed by atoms with van der Waals surface area (Å²) in [5.41, 5.74) is 1.37. The zero-order chi connectivity index (χ0) is 5.82. The van der Waals surface area contributed by atoms with Gasteiger partial charge in [-0.05, 0) is 23.5 Å². The molecule has 0 N–H and O–H groups in total. The zero-order valence-corrected chi connectivity index (χ0v) is 5.74. The average Bonchev–Trinajstić information content (AvgIpc) is 2.19. The summed E-state index contributed by atoms with van der Waals surface area (Å²) in [4.78, 5) is 0. The Morgan fingerprint density at radius 2 is 2.62 bits per heavy atom. The Hall–Kier alpha value is -0.370. The van der Waals surface area contributed by atoms with E-state index in [0.29, 0.717) is 0 Å². The van der Waals surface area contributed by atoms with Gasteiger partial charge >= 0.3 is 0 Å². The molecule has 0 bridgehead atoms. The van der Waals surface area contributed by atoms with Crippen molar-refractivity contribution in [3.05, 3.63) is 17.1 Å². The van der Waals surface area contributed by atoms with E-state index < -0.39 is 0 Å². The molecular weight excluding hydrogens is 118 g/mol. The fourth-order valence-corrected chi connectivity index (χ4v) is 1.21. The van der Waals surface area contributed by atoms with Crippen LogP contribution >= 0.6 is 11.5 Å². The first-order valence-corrected chi connectivity index (χ1v) is 3.65. The quantitative estimate of drug-likeness (QED) is 0.593. The van der Waals surface area contributed by atoms with Gasteiger partial charge in [-0.3, -0.25) is 0 Å². The smallest absolute Gasteiger partial charge is 0.0438 e. The molecule has 1 aromatic rings. The monoisotopic (exact) mass is 127 g/mol. The molecule has 1 heterocycles. The number of aromatic nitrogens is 1. The van der Waals surface area contributed by atoms with Gasteiger partial charge in [-0.1, -0.05) is 13.3 Å². The fourth-order valence-electron chi connectivity index (χ4n) is 0.639. The lowest BCUT2D eigenvalue weighted by Gasteiger charge is -1.84. The van der Waals surface area contributed by atoms with Crippen molar-refractivity contribution in [1.29, 1.82) is 0 Å². The van der Waals surface area contributed by atoms with Gasteiger partial charge < -0.3 is 0 Å². The van der Waals surface area contributed by atoms with Gasteiger partial charge in [-0.2, -0.15) is 0 Å². The maximum atomic E-state index is 3.98. The first-order chi connectivity index (χ1) is 3.93. The Morgan fingerprint density at radius 3 is 3.12 bits per heavy atom. The van der Waals surface area contributed by atoms with E-state index in [2.05, 4.69) is 16.7 Å². The first-order valence-electron chi connectivity index (χ1n) is 2.81. The van der Waals surface area contributed by atoms with Crippen LogP contribution in [0.5, 0.6) is 0 Å². The number of hydrogen-bond acceptors (Lipinski definition) is 2. The van der Waals surface area contributed by atoms with Crippen molar-refractivity contribution in [3.8, 4) is 0 Å². The summed E-state index contributed by atoms with van der Waals surface area (Å²) in [7, 11) is 0. The van der Waals surface area contributed by atoms with Crippen LogP contribution in [-0.4, -0.2) is 4.37 Å². The van der Waals surface area contributed by atoms with Crippen LogP contribution in [0, 0.1) is 0 Å². The van der Waals surface area contributed by atoms with Crippen molar-refractivity contribution in [1.82, 2.24) is 4.37 Å². The molecule has 0 radical (unpaired) electrons. The molecule has 0 unspecified atom stereocenters. The molecule has 2 heteroatoms. The lowest BCUT2D eigenvalue weighted by Crippen LogP contribution is -1.74. The topological polar surface area (TPSA) is 12.9 Å². The van der Waals surface area contributed by atoms with E-state index in [1.807, 2.05) is 6.20 Å². The molecule has 0 amide bonds. The molecule has 1 aromatic heterocycles. The highest BCUT2D eigenvalue weighted by atomic mass is 32.1. The lowest BCUT2D eigenvalue weighted by molar-refractivity contribution is 0.923. The normalized spacial score (nSPS) is 9.62. The van der Waals surface area contributed by atoms with Crippen LogP contribution in [0.3, 0.4) is 0 Å². The molecule has 0 atom stereocenters. The molecule has 0 fully saturated rings. The van der Waals surface area contributed by atoms with Gasteiger partial charge in [-0.25, -0.2) is 4.37 Å². The van der Waals surface area contributed by atoms with Gasteiger partial charge in [0.05, 0.1) is 0 Å². The number of hydrogen-bond donors (Lipinski definition) is 0. The minimum atomic E-state index is 1.18. The lowest BCUT2D eigenvalue weighted by atomic mass is 10.2. The maximum absolute atomic E-state index is 3.98. The molecule has 0 saturated carbocycles. The molecule has 0 spiro atoms. The summed E-state index contributed by atoms with van der Waals surface area (Å²) >= 11 is 1.53. The van der Waals surface area contributed by atoms with Crippen LogP contribution in [-0.2, 0) is 6.42 Å². The van der Waals surface area contributed by atoms with Gasteiger partial charge in [0, 0.05) is 11.6 Å². The predicted molar refractivity (Wildman–Crippen MR) is 36.1 cm³/mol. The summed E-state index contributed by atoms with van der Waals surface area (Å²) in [5.74, 6) is 0. The van der Waals surface area contributed by atoms with Crippen LogP contribution < -0.4 is 0 Å². The van der Waals surface area contributed by atoms with Crippen molar-refractivity contribution in [2.45, 2.75) is 19.8 Å². The Morgan fingerprint density at radius 1 is 1.75 bits per heavy atom. The van der Waals surface area contributed by atoms with Gasteiger partial charge in [0.1, 0.15) is 0 Å². The second-order valence-corrected chi connectivity index (χ2v) is 2.44. The third-order valence-corrected chi connectivity index (χ3v) is 1.66. The largest absolute Gasteiger partial charge is 0.201 e. The molecule has 0 aliphatic rings. The minimum absolute atomic E-state index is 1.18. The molecule has 0 aliphatic carbocycles. The SMILES string of the molecule is CCCc1cnsc1. The maximum Gasteiger partial charge on any atom is 0.0438 e. The van der Waals surface area contributed by atoms with Crippen molar-refractivity contribution < 1.29 is 0 Å². The zero-order valence-electron chi connectivity index (χ0n) is 4.92. The van der Waals surface area contributed by atoms with Crippen LogP contribution in [0.4, 0.5) is 0 Å². The Bertz CT molecular complexity index is 134. The van der Waals surface area contributed by atoms with Crippen LogP contribution in [0.15, 0.2) is 11.6 Å². The van der Waals surface area contributed by atoms with Gasteiger partial charge in [0.2, 0.25) is 0 Å². The minimum Gasteiger partial charge on any atom is -0.201 e. The molecule has 44 valence electrons. The third-order valence-electron chi connectivity index (χ3n) is 1.02. The van der Waals surface area contributed by atoms with E-state index in [0.717, 1.165) is 0 Å². The average molecular weight is 127 g/mol. The summed E-state index contributed by atoms with van der Waals surface area (Å²) in [6, 6.07) is 0.